The molecule has 0 heterocycles. The Kier molecular flexibility index (Phi) is 10.8. The molecule has 0 unspecified atom stereocenters. The quantitative estimate of drug-likeness (QED) is 0.110. The Labute approximate surface area is 318 Å². The highest BCUT2D eigenvalue weighted by Gasteiger charge is 2.56. The molecule has 0 aromatic heterocycles. The molecule has 53 heavy (non-hydrogen) atoms. The Balaban J connectivity index is 1.32. The molecule has 0 N–H and O–H groups in total. The lowest BCUT2D eigenvalue weighted by atomic mass is 9.87. The smallest absolute Gasteiger partial charge is 0.0622 e. The van der Waals surface area contributed by atoms with Gasteiger partial charge in [-0.15, -0.1) is 0 Å². The van der Waals surface area contributed by atoms with E-state index in [0.717, 1.165) is 12.3 Å². The molecule has 1 saturated carbocycles. The van der Waals surface area contributed by atoms with Crippen molar-refractivity contribution in [1.82, 2.24) is 0 Å². The zero-order chi connectivity index (χ0) is 35.9. The van der Waals surface area contributed by atoms with Crippen LogP contribution < -0.4 is 26.5 Å². The van der Waals surface area contributed by atoms with E-state index in [9.17, 15) is 0 Å². The minimum absolute atomic E-state index is 0.251. The van der Waals surface area contributed by atoms with Gasteiger partial charge in [-0.3, -0.25) is 0 Å². The summed E-state index contributed by atoms with van der Waals surface area (Å²) in [6.07, 6.45) is 9.06. The number of hydrogen-bond acceptors (Lipinski definition) is 0. The molecule has 2 heteroatoms. The van der Waals surface area contributed by atoms with Gasteiger partial charge in [0.25, 0.3) is 0 Å². The van der Waals surface area contributed by atoms with E-state index < -0.39 is 14.5 Å². The fourth-order valence-electron chi connectivity index (χ4n) is 8.41. The van der Waals surface area contributed by atoms with Crippen LogP contribution in [0.5, 0.6) is 0 Å². The van der Waals surface area contributed by atoms with Crippen molar-refractivity contribution in [3.8, 4) is 0 Å². The average Bonchev–Trinajstić information content (AvgIpc) is 3.74. The molecule has 257 valence electrons. The molecule has 1 atom stereocenters. The van der Waals surface area contributed by atoms with Crippen molar-refractivity contribution in [3.63, 3.8) is 0 Å². The molecule has 1 fully saturated rings. The molecule has 1 aliphatic carbocycles. The standard InChI is InChI=1S/C51H45P2/c1-41(52(44-27-12-4-13-28-44,45-29-14-5-15-30-45)39-42-23-8-2-9-24-42)48-36-22-37-49(48)50-35-20-21-38-51(50)53(46-31-16-6-17-32-46,47-33-18-7-19-34-47)40-43-25-10-3-11-26-43/h2-38,41H,39-40H2,1H3/q+2/t41-/m1/s1. The maximum atomic E-state index is 2.51. The predicted molar refractivity (Wildman–Crippen MR) is 232 cm³/mol. The van der Waals surface area contributed by atoms with Crippen molar-refractivity contribution in [2.45, 2.75) is 24.9 Å². The Morgan fingerprint density at radius 2 is 0.792 bits per heavy atom. The van der Waals surface area contributed by atoms with Gasteiger partial charge in [-0.1, -0.05) is 152 Å². The fraction of sp³-hybridized carbons (Fsp3) is 0.0784. The molecule has 5 radical (unpaired) electrons. The third-order valence-electron chi connectivity index (χ3n) is 10.9. The largest absolute Gasteiger partial charge is 0.116 e. The van der Waals surface area contributed by atoms with Crippen molar-refractivity contribution in [3.05, 3.63) is 254 Å². The average molecular weight is 720 g/mol. The van der Waals surface area contributed by atoms with Gasteiger partial charge < -0.3 is 0 Å². The normalized spacial score (nSPS) is 14.6. The van der Waals surface area contributed by atoms with Gasteiger partial charge in [-0.05, 0) is 91.9 Å². The van der Waals surface area contributed by atoms with Crippen molar-refractivity contribution >= 4 is 41.0 Å². The topological polar surface area (TPSA) is 0 Å². The summed E-state index contributed by atoms with van der Waals surface area (Å²) >= 11 is 0. The highest BCUT2D eigenvalue weighted by atomic mass is 31.2. The first-order valence-corrected chi connectivity index (χ1v) is 22.6. The van der Waals surface area contributed by atoms with E-state index in [-0.39, 0.29) is 5.66 Å². The first-order valence-electron chi connectivity index (χ1n) is 18.6. The fourth-order valence-corrected chi connectivity index (χ4v) is 17.6. The van der Waals surface area contributed by atoms with E-state index in [4.69, 9.17) is 0 Å². The van der Waals surface area contributed by atoms with E-state index in [1.165, 1.54) is 55.0 Å². The Morgan fingerprint density at radius 1 is 0.396 bits per heavy atom. The molecule has 8 rings (SSSR count). The number of hydrogen-bond donors (Lipinski definition) is 0. The van der Waals surface area contributed by atoms with Crippen LogP contribution in [0.3, 0.4) is 0 Å². The second kappa shape index (κ2) is 16.2. The van der Waals surface area contributed by atoms with E-state index in [0.29, 0.717) is 0 Å². The van der Waals surface area contributed by atoms with Crippen LogP contribution in [-0.4, -0.2) is 5.66 Å². The Morgan fingerprint density at radius 3 is 1.28 bits per heavy atom. The summed E-state index contributed by atoms with van der Waals surface area (Å²) in [6, 6.07) is 77.1. The van der Waals surface area contributed by atoms with Crippen LogP contribution in [0.15, 0.2) is 206 Å². The van der Waals surface area contributed by atoms with Gasteiger partial charge >= 0.3 is 0 Å². The molecule has 7 aromatic rings. The van der Waals surface area contributed by atoms with Gasteiger partial charge in [0, 0.05) is 17.4 Å². The second-order valence-electron chi connectivity index (χ2n) is 13.9. The summed E-state index contributed by atoms with van der Waals surface area (Å²) in [6.45, 7) is 2.51. The van der Waals surface area contributed by atoms with Crippen LogP contribution in [0.4, 0.5) is 0 Å². The third kappa shape index (κ3) is 6.97. The van der Waals surface area contributed by atoms with Crippen molar-refractivity contribution < 1.29 is 0 Å². The SMILES string of the molecule is C[C@H]([C]1[CH][CH][CH][C]1c1ccccc1[P+](Cc1ccccc1)(c1ccccc1)c1ccccc1)[P+](Cc1ccccc1)(c1ccccc1)c1ccccc1. The summed E-state index contributed by atoms with van der Waals surface area (Å²) in [7, 11) is -4.27. The van der Waals surface area contributed by atoms with Gasteiger partial charge in [0.15, 0.2) is 0 Å². The second-order valence-corrected chi connectivity index (χ2v) is 21.2. The Bertz CT molecular complexity index is 2090. The lowest BCUT2D eigenvalue weighted by Crippen LogP contribution is -2.38. The lowest BCUT2D eigenvalue weighted by Gasteiger charge is -2.38. The van der Waals surface area contributed by atoms with Crippen LogP contribution in [0, 0.1) is 31.1 Å². The molecule has 0 aliphatic heterocycles. The first-order chi connectivity index (χ1) is 26.2. The zero-order valence-electron chi connectivity index (χ0n) is 30.2. The lowest BCUT2D eigenvalue weighted by molar-refractivity contribution is 0.949. The molecule has 0 nitrogen and oxygen atoms in total. The molecular weight excluding hydrogens is 675 g/mol. The maximum absolute atomic E-state index is 2.51. The third-order valence-corrected chi connectivity index (χ3v) is 20.2. The van der Waals surface area contributed by atoms with E-state index in [1.54, 1.807) is 0 Å². The molecule has 0 amide bonds. The van der Waals surface area contributed by atoms with E-state index >= 15 is 0 Å². The molecule has 7 aromatic carbocycles. The predicted octanol–water partition coefficient (Wildman–Crippen LogP) is 10.6. The van der Waals surface area contributed by atoms with E-state index in [2.05, 4.69) is 232 Å². The molecule has 0 bridgehead atoms. The summed E-state index contributed by atoms with van der Waals surface area (Å²) in [5.74, 6) is 2.77. The summed E-state index contributed by atoms with van der Waals surface area (Å²) < 4.78 is 0. The van der Waals surface area contributed by atoms with E-state index in [1.807, 2.05) is 0 Å². The summed E-state index contributed by atoms with van der Waals surface area (Å²) in [4.78, 5) is 0. The minimum atomic E-state index is -2.21. The van der Waals surface area contributed by atoms with Crippen molar-refractivity contribution in [1.29, 1.82) is 0 Å². The number of benzene rings is 7. The number of rotatable bonds is 12. The van der Waals surface area contributed by atoms with Crippen LogP contribution >= 0.6 is 14.5 Å². The van der Waals surface area contributed by atoms with Gasteiger partial charge in [0.2, 0.25) is 0 Å². The maximum Gasteiger partial charge on any atom is 0.116 e. The highest BCUT2D eigenvalue weighted by molar-refractivity contribution is 7.95. The van der Waals surface area contributed by atoms with Crippen molar-refractivity contribution in [2.75, 3.05) is 0 Å². The van der Waals surface area contributed by atoms with Gasteiger partial charge in [0.05, 0.1) is 35.9 Å². The zero-order valence-corrected chi connectivity index (χ0v) is 32.0. The van der Waals surface area contributed by atoms with Gasteiger partial charge in [-0.25, -0.2) is 0 Å². The highest BCUT2D eigenvalue weighted by Crippen LogP contribution is 2.68. The van der Waals surface area contributed by atoms with Gasteiger partial charge in [-0.2, -0.15) is 0 Å². The van der Waals surface area contributed by atoms with Gasteiger partial charge in [0.1, 0.15) is 23.2 Å². The van der Waals surface area contributed by atoms with Crippen LogP contribution in [0.25, 0.3) is 0 Å². The first kappa shape index (κ1) is 35.4. The van der Waals surface area contributed by atoms with Crippen LogP contribution in [0.2, 0.25) is 0 Å². The molecule has 1 aliphatic rings. The monoisotopic (exact) mass is 719 g/mol. The molecular formula is C51H45P2+2. The Hall–Kier alpha value is -4.60. The molecule has 0 saturated heterocycles. The summed E-state index contributed by atoms with van der Waals surface area (Å²) in [5.41, 5.74) is 4.34. The van der Waals surface area contributed by atoms with Crippen molar-refractivity contribution in [2.24, 2.45) is 0 Å². The minimum Gasteiger partial charge on any atom is -0.0622 e. The van der Waals surface area contributed by atoms with Crippen LogP contribution in [-0.2, 0) is 12.3 Å². The van der Waals surface area contributed by atoms with Crippen LogP contribution in [0.1, 0.15) is 23.6 Å². The molecule has 0 spiro atoms. The summed E-state index contributed by atoms with van der Waals surface area (Å²) in [5, 5.41) is 7.14.